The van der Waals surface area contributed by atoms with Crippen molar-refractivity contribution in [2.24, 2.45) is 17.8 Å². The Balaban J connectivity index is 1.32. The Morgan fingerprint density at radius 1 is 0.800 bits per heavy atom. The van der Waals surface area contributed by atoms with Crippen molar-refractivity contribution >= 4 is 11.6 Å². The molecule has 2 saturated carbocycles. The molecule has 2 unspecified atom stereocenters. The molecule has 3 rings (SSSR count). The van der Waals surface area contributed by atoms with Gasteiger partial charge in [-0.25, -0.2) is 0 Å². The van der Waals surface area contributed by atoms with Crippen molar-refractivity contribution in [3.05, 3.63) is 29.8 Å². The Bertz CT molecular complexity index is 745. The van der Waals surface area contributed by atoms with E-state index in [0.29, 0.717) is 30.6 Å². The van der Waals surface area contributed by atoms with Crippen LogP contribution in [0.5, 0.6) is 5.75 Å². The highest BCUT2D eigenvalue weighted by Crippen LogP contribution is 2.39. The number of hydrogen-bond donors (Lipinski definition) is 0. The van der Waals surface area contributed by atoms with Crippen LogP contribution in [0.15, 0.2) is 24.3 Å². The standard InChI is InChI=1S/C32H50O3/c1-3-5-6-7-8-9-10-22-35-29-19-17-28(18-20-29)27-15-12-26(13-16-27)24-32(34)30-21-14-25(11-4-2)23-31(30)33/h17-20,25-27,30H,3-16,21-24H2,1-2H3/t25?,26-,27-,30?. The van der Waals surface area contributed by atoms with Gasteiger partial charge in [-0.2, -0.15) is 0 Å². The smallest absolute Gasteiger partial charge is 0.143 e. The monoisotopic (exact) mass is 482 g/mol. The van der Waals surface area contributed by atoms with Gasteiger partial charge in [-0.3, -0.25) is 9.59 Å². The number of ether oxygens (including phenoxy) is 1. The van der Waals surface area contributed by atoms with E-state index in [1.54, 1.807) is 0 Å². The van der Waals surface area contributed by atoms with E-state index >= 15 is 0 Å². The SMILES string of the molecule is CCCCCCCCCOc1ccc([C@H]2CC[C@H](CC(=O)C3CCC(CCC)CC3=O)CC2)cc1. The Hall–Kier alpha value is -1.64. The van der Waals surface area contributed by atoms with E-state index in [0.717, 1.165) is 70.1 Å². The zero-order chi connectivity index (χ0) is 24.9. The third-order valence-corrected chi connectivity index (χ3v) is 8.53. The van der Waals surface area contributed by atoms with Gasteiger partial charge in [0.15, 0.2) is 0 Å². The second kappa shape index (κ2) is 15.5. The van der Waals surface area contributed by atoms with Crippen molar-refractivity contribution in [3.8, 4) is 5.75 Å². The van der Waals surface area contributed by atoms with E-state index in [1.807, 2.05) is 0 Å². The molecule has 0 aromatic heterocycles. The lowest BCUT2D eigenvalue weighted by atomic mass is 9.73. The van der Waals surface area contributed by atoms with Crippen LogP contribution in [0, 0.1) is 17.8 Å². The summed E-state index contributed by atoms with van der Waals surface area (Å²) >= 11 is 0. The molecule has 1 aromatic carbocycles. The number of benzene rings is 1. The van der Waals surface area contributed by atoms with Gasteiger partial charge in [0.25, 0.3) is 0 Å². The van der Waals surface area contributed by atoms with E-state index in [1.165, 1.54) is 44.1 Å². The number of unbranched alkanes of at least 4 members (excludes halogenated alkanes) is 6. The van der Waals surface area contributed by atoms with Crippen LogP contribution in [-0.2, 0) is 9.59 Å². The number of Topliss-reactive ketones (excluding diaryl/α,β-unsaturated/α-hetero) is 2. The molecule has 0 radical (unpaired) electrons. The summed E-state index contributed by atoms with van der Waals surface area (Å²) in [7, 11) is 0. The molecule has 2 aliphatic rings. The van der Waals surface area contributed by atoms with Crippen molar-refractivity contribution < 1.29 is 14.3 Å². The van der Waals surface area contributed by atoms with Gasteiger partial charge < -0.3 is 4.74 Å². The fourth-order valence-corrected chi connectivity index (χ4v) is 6.30. The predicted octanol–water partition coefficient (Wildman–Crippen LogP) is 8.83. The highest BCUT2D eigenvalue weighted by Gasteiger charge is 2.34. The normalized spacial score (nSPS) is 24.9. The number of carbonyl (C=O) groups is 2. The Morgan fingerprint density at radius 2 is 1.46 bits per heavy atom. The van der Waals surface area contributed by atoms with Gasteiger partial charge in [0.2, 0.25) is 0 Å². The van der Waals surface area contributed by atoms with Crippen molar-refractivity contribution in [1.29, 1.82) is 0 Å². The molecule has 196 valence electrons. The first-order valence-corrected chi connectivity index (χ1v) is 14.9. The molecule has 1 aromatic rings. The molecule has 0 bridgehead atoms. The van der Waals surface area contributed by atoms with E-state index < -0.39 is 0 Å². The molecule has 0 N–H and O–H groups in total. The Labute approximate surface area is 214 Å². The van der Waals surface area contributed by atoms with E-state index in [4.69, 9.17) is 4.74 Å². The molecule has 2 atom stereocenters. The van der Waals surface area contributed by atoms with Crippen LogP contribution in [0.4, 0.5) is 0 Å². The van der Waals surface area contributed by atoms with E-state index in [2.05, 4.69) is 38.1 Å². The maximum Gasteiger partial charge on any atom is 0.143 e. The molecule has 0 saturated heterocycles. The van der Waals surface area contributed by atoms with Gasteiger partial charge in [-0.05, 0) is 80.4 Å². The van der Waals surface area contributed by atoms with Gasteiger partial charge in [-0.15, -0.1) is 0 Å². The molecule has 0 aliphatic heterocycles. The first-order valence-electron chi connectivity index (χ1n) is 14.9. The van der Waals surface area contributed by atoms with Gasteiger partial charge in [0.1, 0.15) is 17.3 Å². The quantitative estimate of drug-likeness (QED) is 0.185. The van der Waals surface area contributed by atoms with Gasteiger partial charge in [-0.1, -0.05) is 77.3 Å². The summed E-state index contributed by atoms with van der Waals surface area (Å²) < 4.78 is 5.96. The molecule has 3 heteroatoms. The van der Waals surface area contributed by atoms with Crippen LogP contribution in [0.2, 0.25) is 0 Å². The minimum absolute atomic E-state index is 0.225. The Morgan fingerprint density at radius 3 is 2.11 bits per heavy atom. The lowest BCUT2D eigenvalue weighted by molar-refractivity contribution is -0.136. The maximum atomic E-state index is 12.9. The molecular weight excluding hydrogens is 432 g/mol. The summed E-state index contributed by atoms with van der Waals surface area (Å²) in [6, 6.07) is 8.74. The lowest BCUT2D eigenvalue weighted by Gasteiger charge is -2.31. The van der Waals surface area contributed by atoms with Gasteiger partial charge in [0.05, 0.1) is 12.5 Å². The minimum Gasteiger partial charge on any atom is -0.494 e. The summed E-state index contributed by atoms with van der Waals surface area (Å²) in [4.78, 5) is 25.4. The number of carbonyl (C=O) groups excluding carboxylic acids is 2. The molecule has 0 amide bonds. The third-order valence-electron chi connectivity index (χ3n) is 8.53. The Kier molecular flexibility index (Phi) is 12.3. The molecule has 0 heterocycles. The average molecular weight is 483 g/mol. The zero-order valence-corrected chi connectivity index (χ0v) is 22.6. The molecule has 3 nitrogen and oxygen atoms in total. The van der Waals surface area contributed by atoms with Crippen LogP contribution in [0.25, 0.3) is 0 Å². The van der Waals surface area contributed by atoms with Gasteiger partial charge in [0, 0.05) is 12.8 Å². The second-order valence-electron chi connectivity index (χ2n) is 11.4. The molecule has 2 fully saturated rings. The lowest BCUT2D eigenvalue weighted by Crippen LogP contribution is -2.32. The van der Waals surface area contributed by atoms with E-state index in [9.17, 15) is 9.59 Å². The van der Waals surface area contributed by atoms with Crippen molar-refractivity contribution in [3.63, 3.8) is 0 Å². The predicted molar refractivity (Wildman–Crippen MR) is 145 cm³/mol. The summed E-state index contributed by atoms with van der Waals surface area (Å²) in [6.07, 6.45) is 19.0. The van der Waals surface area contributed by atoms with E-state index in [-0.39, 0.29) is 17.5 Å². The third kappa shape index (κ3) is 9.39. The molecule has 0 spiro atoms. The summed E-state index contributed by atoms with van der Waals surface area (Å²) in [5, 5.41) is 0. The van der Waals surface area contributed by atoms with Crippen LogP contribution in [0.3, 0.4) is 0 Å². The average Bonchev–Trinajstić information content (AvgIpc) is 2.87. The summed E-state index contributed by atoms with van der Waals surface area (Å²) in [5.74, 6) is 2.71. The van der Waals surface area contributed by atoms with Crippen molar-refractivity contribution in [1.82, 2.24) is 0 Å². The maximum absolute atomic E-state index is 12.9. The van der Waals surface area contributed by atoms with Gasteiger partial charge >= 0.3 is 0 Å². The van der Waals surface area contributed by atoms with Crippen molar-refractivity contribution in [2.75, 3.05) is 6.61 Å². The van der Waals surface area contributed by atoms with Crippen LogP contribution < -0.4 is 4.74 Å². The summed E-state index contributed by atoms with van der Waals surface area (Å²) in [6.45, 7) is 5.25. The van der Waals surface area contributed by atoms with Crippen LogP contribution >= 0.6 is 0 Å². The van der Waals surface area contributed by atoms with Crippen molar-refractivity contribution in [2.45, 2.75) is 129 Å². The number of ketones is 2. The van der Waals surface area contributed by atoms with Crippen LogP contribution in [0.1, 0.15) is 134 Å². The van der Waals surface area contributed by atoms with Crippen LogP contribution in [-0.4, -0.2) is 18.2 Å². The molecule has 35 heavy (non-hydrogen) atoms. The fraction of sp³-hybridized carbons (Fsp3) is 0.750. The highest BCUT2D eigenvalue weighted by atomic mass is 16.5. The minimum atomic E-state index is -0.297. The summed E-state index contributed by atoms with van der Waals surface area (Å²) in [5.41, 5.74) is 1.41. The number of rotatable bonds is 15. The second-order valence-corrected chi connectivity index (χ2v) is 11.4. The topological polar surface area (TPSA) is 43.4 Å². The zero-order valence-electron chi connectivity index (χ0n) is 22.6. The largest absolute Gasteiger partial charge is 0.494 e. The highest BCUT2D eigenvalue weighted by molar-refractivity contribution is 6.02. The number of hydrogen-bond acceptors (Lipinski definition) is 3. The fourth-order valence-electron chi connectivity index (χ4n) is 6.30. The molecular formula is C32H50O3. The first kappa shape index (κ1) is 27.9. The molecule has 2 aliphatic carbocycles. The first-order chi connectivity index (χ1) is 17.1.